The van der Waals surface area contributed by atoms with Crippen molar-refractivity contribution in [3.05, 3.63) is 12.2 Å². The number of rotatable bonds is 75. The molecule has 0 heterocycles. The number of esters is 2. The van der Waals surface area contributed by atoms with Gasteiger partial charge in [0.05, 0.1) is 34.4 Å². The zero-order valence-electron chi connectivity index (χ0n) is 59.9. The van der Waals surface area contributed by atoms with Crippen molar-refractivity contribution in [3.8, 4) is 0 Å². The molecule has 88 heavy (non-hydrogen) atoms. The van der Waals surface area contributed by atoms with E-state index in [1.165, 1.54) is 353 Å². The van der Waals surface area contributed by atoms with Crippen molar-refractivity contribution >= 4 is 17.9 Å². The molecule has 0 saturated carbocycles. The predicted octanol–water partition coefficient (Wildman–Crippen LogP) is 24.8. The Morgan fingerprint density at radius 2 is 0.580 bits per heavy atom. The molecule has 522 valence electrons. The van der Waals surface area contributed by atoms with Crippen LogP contribution >= 0.6 is 0 Å². The van der Waals surface area contributed by atoms with E-state index >= 15 is 0 Å². The van der Waals surface area contributed by atoms with Gasteiger partial charge in [0, 0.05) is 12.8 Å². The second-order valence-corrected chi connectivity index (χ2v) is 28.4. The first-order valence-corrected chi connectivity index (χ1v) is 39.4. The van der Waals surface area contributed by atoms with Gasteiger partial charge in [-0.3, -0.25) is 9.59 Å². The van der Waals surface area contributed by atoms with Gasteiger partial charge in [-0.05, 0) is 38.5 Å². The molecule has 0 bridgehead atoms. The molecule has 0 aromatic carbocycles. The van der Waals surface area contributed by atoms with E-state index < -0.39 is 18.4 Å². The van der Waals surface area contributed by atoms with E-state index in [2.05, 4.69) is 26.0 Å². The second-order valence-electron chi connectivity index (χ2n) is 28.4. The molecular formula is C79H154NO8+. The molecule has 0 rings (SSSR count). The van der Waals surface area contributed by atoms with E-state index in [4.69, 9.17) is 18.9 Å². The van der Waals surface area contributed by atoms with Gasteiger partial charge < -0.3 is 28.5 Å². The zero-order valence-corrected chi connectivity index (χ0v) is 59.9. The summed E-state index contributed by atoms with van der Waals surface area (Å²) in [5.74, 6) is -1.96. The van der Waals surface area contributed by atoms with Crippen LogP contribution in [0.1, 0.15) is 418 Å². The molecule has 0 amide bonds. The highest BCUT2D eigenvalue weighted by atomic mass is 16.7. The summed E-state index contributed by atoms with van der Waals surface area (Å²) in [7, 11) is 6.00. The van der Waals surface area contributed by atoms with E-state index in [0.29, 0.717) is 17.4 Å². The molecular weight excluding hydrogens is 1090 g/mol. The number of hydrogen-bond acceptors (Lipinski definition) is 7. The number of carbonyl (C=O) groups excluding carboxylic acids is 2. The normalized spacial score (nSPS) is 12.6. The predicted molar refractivity (Wildman–Crippen MR) is 378 cm³/mol. The fraction of sp³-hybridized carbons (Fsp3) is 0.937. The molecule has 2 unspecified atom stereocenters. The summed E-state index contributed by atoms with van der Waals surface area (Å²) in [6, 6.07) is 0. The minimum absolute atomic E-state index is 0.173. The summed E-state index contributed by atoms with van der Waals surface area (Å²) in [6.07, 6.45) is 85.1. The number of nitrogens with zero attached hydrogens (tertiary/aromatic N) is 1. The maximum absolute atomic E-state index is 13.0. The maximum atomic E-state index is 13.0. The molecule has 0 radical (unpaired) electrons. The highest BCUT2D eigenvalue weighted by Crippen LogP contribution is 2.20. The second kappa shape index (κ2) is 70.9. The Morgan fingerprint density at radius 3 is 0.841 bits per heavy atom. The topological polar surface area (TPSA) is 108 Å². The zero-order chi connectivity index (χ0) is 64.0. The quantitative estimate of drug-likeness (QED) is 0.0211. The Morgan fingerprint density at radius 1 is 0.330 bits per heavy atom. The van der Waals surface area contributed by atoms with Crippen molar-refractivity contribution in [1.29, 1.82) is 0 Å². The lowest BCUT2D eigenvalue weighted by molar-refractivity contribution is -0.870. The fourth-order valence-corrected chi connectivity index (χ4v) is 12.3. The van der Waals surface area contributed by atoms with Gasteiger partial charge in [-0.2, -0.15) is 0 Å². The standard InChI is InChI=1S/C79H153NO8/c1-6-8-10-12-14-16-18-20-22-24-26-28-30-32-34-36-37-38-39-40-41-42-44-46-48-50-52-54-56-58-60-62-64-66-68-70-77(82)88-75(74-87-79(78(83)84)85-72-71-80(3,4)5)73-86-76(81)69-67-65-63-61-59-57-55-53-51-49-47-45-43-35-33-31-29-27-25-23-21-19-17-15-13-11-9-7-2/h24,26,75,79H,6-23,25,27-74H2,1-5H3/p+1/b26-24-. The van der Waals surface area contributed by atoms with Gasteiger partial charge in [-0.25, -0.2) is 4.79 Å². The summed E-state index contributed by atoms with van der Waals surface area (Å²) >= 11 is 0. The molecule has 0 aliphatic carbocycles. The molecule has 9 nitrogen and oxygen atoms in total. The van der Waals surface area contributed by atoms with E-state index in [-0.39, 0.29) is 38.2 Å². The molecule has 1 N–H and O–H groups in total. The van der Waals surface area contributed by atoms with Crippen molar-refractivity contribution in [2.45, 2.75) is 431 Å². The lowest BCUT2D eigenvalue weighted by atomic mass is 10.0. The van der Waals surface area contributed by atoms with Gasteiger partial charge in [-0.1, -0.05) is 379 Å². The van der Waals surface area contributed by atoms with E-state index in [0.717, 1.165) is 38.5 Å². The van der Waals surface area contributed by atoms with Gasteiger partial charge in [-0.15, -0.1) is 0 Å². The summed E-state index contributed by atoms with van der Waals surface area (Å²) in [5, 5.41) is 9.77. The number of carbonyl (C=O) groups is 3. The summed E-state index contributed by atoms with van der Waals surface area (Å²) < 4.78 is 23.1. The third-order valence-electron chi connectivity index (χ3n) is 18.3. The molecule has 0 aliphatic heterocycles. The molecule has 0 spiro atoms. The number of likely N-dealkylation sites (N-methyl/N-ethyl adjacent to an activating group) is 1. The number of allylic oxidation sites excluding steroid dienone is 2. The molecule has 2 atom stereocenters. The largest absolute Gasteiger partial charge is 0.477 e. The lowest BCUT2D eigenvalue weighted by Gasteiger charge is -2.25. The average molecular weight is 1250 g/mol. The molecule has 0 fully saturated rings. The third-order valence-corrected chi connectivity index (χ3v) is 18.3. The number of unbranched alkanes of at least 4 members (excludes halogenated alkanes) is 58. The van der Waals surface area contributed by atoms with Crippen molar-refractivity contribution in [2.24, 2.45) is 0 Å². The van der Waals surface area contributed by atoms with Crippen molar-refractivity contribution < 1.29 is 42.9 Å². The SMILES string of the molecule is CCCCCCCCCC/C=C\CCCCCCCCCCCCCCCCCCCCCCCCCC(=O)OC(COC(=O)CCCCCCCCCCCCCCCCCCCCCCCCCCCCCC)COC(OCC[N+](C)(C)C)C(=O)O. The van der Waals surface area contributed by atoms with Gasteiger partial charge in [0.1, 0.15) is 13.2 Å². The van der Waals surface area contributed by atoms with Crippen molar-refractivity contribution in [1.82, 2.24) is 0 Å². The third kappa shape index (κ3) is 71.5. The van der Waals surface area contributed by atoms with Gasteiger partial charge in [0.25, 0.3) is 6.29 Å². The highest BCUT2D eigenvalue weighted by molar-refractivity contribution is 5.71. The first-order chi connectivity index (χ1) is 43.1. The molecule has 0 saturated heterocycles. The van der Waals surface area contributed by atoms with Crippen LogP contribution < -0.4 is 0 Å². The Labute approximate surface area is 548 Å². The molecule has 0 aliphatic rings. The Balaban J connectivity index is 3.97. The van der Waals surface area contributed by atoms with Crippen LogP contribution in [-0.4, -0.2) is 87.4 Å². The minimum Gasteiger partial charge on any atom is -0.477 e. The van der Waals surface area contributed by atoms with Crippen molar-refractivity contribution in [2.75, 3.05) is 47.5 Å². The van der Waals surface area contributed by atoms with Crippen LogP contribution in [0.25, 0.3) is 0 Å². The van der Waals surface area contributed by atoms with Crippen LogP contribution in [0.5, 0.6) is 0 Å². The Kier molecular flexibility index (Phi) is 69.3. The molecule has 0 aromatic rings. The Hall–Kier alpha value is -1.97. The van der Waals surface area contributed by atoms with E-state index in [1.54, 1.807) is 0 Å². The number of quaternary nitrogens is 1. The van der Waals surface area contributed by atoms with Crippen LogP contribution in [0.3, 0.4) is 0 Å². The van der Waals surface area contributed by atoms with E-state index in [9.17, 15) is 19.5 Å². The van der Waals surface area contributed by atoms with Crippen LogP contribution in [0.2, 0.25) is 0 Å². The van der Waals surface area contributed by atoms with Gasteiger partial charge >= 0.3 is 17.9 Å². The fourth-order valence-electron chi connectivity index (χ4n) is 12.3. The first kappa shape index (κ1) is 86.0. The van der Waals surface area contributed by atoms with Crippen molar-refractivity contribution in [3.63, 3.8) is 0 Å². The van der Waals surface area contributed by atoms with Gasteiger partial charge in [0.2, 0.25) is 0 Å². The number of ether oxygens (including phenoxy) is 4. The minimum atomic E-state index is -1.51. The van der Waals surface area contributed by atoms with Crippen LogP contribution in [0, 0.1) is 0 Å². The maximum Gasteiger partial charge on any atom is 0.361 e. The highest BCUT2D eigenvalue weighted by Gasteiger charge is 2.25. The number of carboxylic acids is 1. The monoisotopic (exact) mass is 1250 g/mol. The number of aliphatic carboxylic acids is 1. The average Bonchev–Trinajstić information content (AvgIpc) is 3.54. The summed E-state index contributed by atoms with van der Waals surface area (Å²) in [5.41, 5.74) is 0. The van der Waals surface area contributed by atoms with Gasteiger partial charge in [0.15, 0.2) is 6.10 Å². The van der Waals surface area contributed by atoms with Crippen LogP contribution in [0.4, 0.5) is 0 Å². The Bertz CT molecular complexity index is 1450. The summed E-state index contributed by atoms with van der Waals surface area (Å²) in [6.45, 7) is 4.97. The summed E-state index contributed by atoms with van der Waals surface area (Å²) in [4.78, 5) is 37.7. The number of carboxylic acid groups (broad SMARTS) is 1. The lowest BCUT2D eigenvalue weighted by Crippen LogP contribution is -2.40. The first-order valence-electron chi connectivity index (χ1n) is 39.4. The van der Waals surface area contributed by atoms with Crippen LogP contribution in [0.15, 0.2) is 12.2 Å². The van der Waals surface area contributed by atoms with Crippen LogP contribution in [-0.2, 0) is 33.3 Å². The smallest absolute Gasteiger partial charge is 0.361 e. The number of hydrogen-bond donors (Lipinski definition) is 1. The molecule has 0 aromatic heterocycles. The van der Waals surface area contributed by atoms with E-state index in [1.807, 2.05) is 21.1 Å². The molecule has 9 heteroatoms.